The lowest BCUT2D eigenvalue weighted by Gasteiger charge is -2.21. The second-order valence-electron chi connectivity index (χ2n) is 4.01. The van der Waals surface area contributed by atoms with Gasteiger partial charge >= 0.3 is 0 Å². The number of hydrogen-bond acceptors (Lipinski definition) is 3. The maximum atomic E-state index is 10.6. The zero-order chi connectivity index (χ0) is 11.2. The van der Waals surface area contributed by atoms with Crippen molar-refractivity contribution >= 4 is 17.7 Å². The maximum Gasteiger partial charge on any atom is 0.217 e. The summed E-state index contributed by atoms with van der Waals surface area (Å²) < 4.78 is 0.0471. The third-order valence-electron chi connectivity index (χ3n) is 1.87. The summed E-state index contributed by atoms with van der Waals surface area (Å²) in [5, 5.41) is 2.06. The van der Waals surface area contributed by atoms with Crippen molar-refractivity contribution in [1.82, 2.24) is 0 Å². The van der Waals surface area contributed by atoms with E-state index < -0.39 is 0 Å². The van der Waals surface area contributed by atoms with E-state index in [0.717, 1.165) is 12.0 Å². The molecule has 4 N–H and O–H groups in total. The summed E-state index contributed by atoms with van der Waals surface area (Å²) in [7, 11) is 0. The molecule has 0 fully saturated rings. The first-order valence-electron chi connectivity index (χ1n) is 4.69. The van der Waals surface area contributed by atoms with E-state index in [2.05, 4.69) is 19.3 Å². The van der Waals surface area contributed by atoms with Crippen LogP contribution in [0.25, 0.3) is 0 Å². The third-order valence-corrected chi connectivity index (χ3v) is 3.24. The van der Waals surface area contributed by atoms with Gasteiger partial charge in [0.1, 0.15) is 0 Å². The standard InChI is InChI=1S/C10H20N2OS/c1-8(6-11)7-14-10(2,3)5-4-9(12)13/h7H,4-6,11H2,1-3H3,(H2,12,13)/b8-7+. The van der Waals surface area contributed by atoms with Crippen LogP contribution in [-0.2, 0) is 4.79 Å². The van der Waals surface area contributed by atoms with Crippen molar-refractivity contribution in [1.29, 1.82) is 0 Å². The predicted octanol–water partition coefficient (Wildman–Crippen LogP) is 1.63. The zero-order valence-electron chi connectivity index (χ0n) is 9.17. The molecular formula is C10H20N2OS. The van der Waals surface area contributed by atoms with Crippen LogP contribution in [0.15, 0.2) is 11.0 Å². The molecule has 0 rings (SSSR count). The van der Waals surface area contributed by atoms with Crippen LogP contribution in [-0.4, -0.2) is 17.2 Å². The molecule has 0 aromatic rings. The highest BCUT2D eigenvalue weighted by atomic mass is 32.2. The molecule has 0 saturated heterocycles. The van der Waals surface area contributed by atoms with Crippen LogP contribution >= 0.6 is 11.8 Å². The Balaban J connectivity index is 4.00. The lowest BCUT2D eigenvalue weighted by molar-refractivity contribution is -0.118. The lowest BCUT2D eigenvalue weighted by atomic mass is 10.1. The van der Waals surface area contributed by atoms with Gasteiger partial charge in [0, 0.05) is 17.7 Å². The Labute approximate surface area is 90.3 Å². The van der Waals surface area contributed by atoms with Crippen molar-refractivity contribution in [3.8, 4) is 0 Å². The molecule has 0 aliphatic rings. The Morgan fingerprint density at radius 3 is 2.50 bits per heavy atom. The van der Waals surface area contributed by atoms with Gasteiger partial charge in [-0.15, -0.1) is 11.8 Å². The van der Waals surface area contributed by atoms with Gasteiger partial charge in [0.05, 0.1) is 0 Å². The summed E-state index contributed by atoms with van der Waals surface area (Å²) in [6.07, 6.45) is 1.23. The Morgan fingerprint density at radius 1 is 1.50 bits per heavy atom. The number of primary amides is 1. The van der Waals surface area contributed by atoms with Gasteiger partial charge in [0.15, 0.2) is 0 Å². The third kappa shape index (κ3) is 6.97. The van der Waals surface area contributed by atoms with Crippen LogP contribution in [0.5, 0.6) is 0 Å². The van der Waals surface area contributed by atoms with Gasteiger partial charge in [-0.2, -0.15) is 0 Å². The van der Waals surface area contributed by atoms with E-state index in [4.69, 9.17) is 11.5 Å². The van der Waals surface area contributed by atoms with E-state index in [0.29, 0.717) is 13.0 Å². The van der Waals surface area contributed by atoms with Crippen LogP contribution in [0.3, 0.4) is 0 Å². The number of carbonyl (C=O) groups excluding carboxylic acids is 1. The zero-order valence-corrected chi connectivity index (χ0v) is 9.99. The van der Waals surface area contributed by atoms with E-state index in [9.17, 15) is 4.79 Å². The van der Waals surface area contributed by atoms with Crippen molar-refractivity contribution in [3.05, 3.63) is 11.0 Å². The lowest BCUT2D eigenvalue weighted by Crippen LogP contribution is -2.19. The van der Waals surface area contributed by atoms with Gasteiger partial charge in [-0.25, -0.2) is 0 Å². The highest BCUT2D eigenvalue weighted by molar-refractivity contribution is 8.03. The first kappa shape index (κ1) is 13.5. The summed E-state index contributed by atoms with van der Waals surface area (Å²) in [4.78, 5) is 10.6. The van der Waals surface area contributed by atoms with Crippen molar-refractivity contribution in [2.24, 2.45) is 11.5 Å². The van der Waals surface area contributed by atoms with Crippen molar-refractivity contribution in [3.63, 3.8) is 0 Å². The Morgan fingerprint density at radius 2 is 2.07 bits per heavy atom. The smallest absolute Gasteiger partial charge is 0.217 e. The quantitative estimate of drug-likeness (QED) is 0.709. The van der Waals surface area contributed by atoms with Crippen LogP contribution in [0, 0.1) is 0 Å². The minimum absolute atomic E-state index is 0.0471. The number of amides is 1. The topological polar surface area (TPSA) is 69.1 Å². The van der Waals surface area contributed by atoms with Crippen molar-refractivity contribution in [2.45, 2.75) is 38.4 Å². The summed E-state index contributed by atoms with van der Waals surface area (Å²) in [6, 6.07) is 0. The summed E-state index contributed by atoms with van der Waals surface area (Å²) in [6.45, 7) is 6.78. The van der Waals surface area contributed by atoms with Gasteiger partial charge in [0.25, 0.3) is 0 Å². The SMILES string of the molecule is C/C(=C\SC(C)(C)CCC(N)=O)CN. The highest BCUT2D eigenvalue weighted by Gasteiger charge is 2.17. The molecular weight excluding hydrogens is 196 g/mol. The normalized spacial score (nSPS) is 13.0. The molecule has 0 aromatic heterocycles. The van der Waals surface area contributed by atoms with Gasteiger partial charge in [-0.3, -0.25) is 4.79 Å². The predicted molar refractivity (Wildman–Crippen MR) is 62.9 cm³/mol. The second kappa shape index (κ2) is 6.09. The molecule has 0 aliphatic heterocycles. The molecule has 0 heterocycles. The highest BCUT2D eigenvalue weighted by Crippen LogP contribution is 2.30. The molecule has 0 aromatic carbocycles. The molecule has 14 heavy (non-hydrogen) atoms. The molecule has 0 aliphatic carbocycles. The van der Waals surface area contributed by atoms with Crippen LogP contribution < -0.4 is 11.5 Å². The van der Waals surface area contributed by atoms with E-state index in [1.165, 1.54) is 0 Å². The van der Waals surface area contributed by atoms with E-state index in [1.807, 2.05) is 6.92 Å². The monoisotopic (exact) mass is 216 g/mol. The average Bonchev–Trinajstić information content (AvgIpc) is 2.11. The summed E-state index contributed by atoms with van der Waals surface area (Å²) >= 11 is 1.70. The first-order chi connectivity index (χ1) is 6.37. The average molecular weight is 216 g/mol. The van der Waals surface area contributed by atoms with Gasteiger partial charge in [0.2, 0.25) is 5.91 Å². The summed E-state index contributed by atoms with van der Waals surface area (Å²) in [5.74, 6) is -0.238. The number of hydrogen-bond donors (Lipinski definition) is 2. The minimum Gasteiger partial charge on any atom is -0.370 e. The van der Waals surface area contributed by atoms with Crippen molar-refractivity contribution < 1.29 is 4.79 Å². The van der Waals surface area contributed by atoms with Crippen LogP contribution in [0.2, 0.25) is 0 Å². The molecule has 0 spiro atoms. The van der Waals surface area contributed by atoms with Crippen molar-refractivity contribution in [2.75, 3.05) is 6.54 Å². The maximum absolute atomic E-state index is 10.6. The van der Waals surface area contributed by atoms with E-state index in [1.54, 1.807) is 11.8 Å². The Kier molecular flexibility index (Phi) is 5.88. The molecule has 0 saturated carbocycles. The fraction of sp³-hybridized carbons (Fsp3) is 0.700. The van der Waals surface area contributed by atoms with Crippen LogP contribution in [0.4, 0.5) is 0 Å². The number of rotatable bonds is 6. The molecule has 4 heteroatoms. The molecule has 1 amide bonds. The number of nitrogens with two attached hydrogens (primary N) is 2. The fourth-order valence-electron chi connectivity index (χ4n) is 0.791. The fourth-order valence-corrected chi connectivity index (χ4v) is 1.63. The minimum atomic E-state index is -0.238. The number of carbonyl (C=O) groups is 1. The largest absolute Gasteiger partial charge is 0.370 e. The molecule has 0 bridgehead atoms. The van der Waals surface area contributed by atoms with Gasteiger partial charge < -0.3 is 11.5 Å². The molecule has 3 nitrogen and oxygen atoms in total. The molecule has 0 unspecified atom stereocenters. The Bertz CT molecular complexity index is 224. The first-order valence-corrected chi connectivity index (χ1v) is 5.57. The second-order valence-corrected chi connectivity index (χ2v) is 5.59. The Hall–Kier alpha value is -0.480. The number of thioether (sulfide) groups is 1. The van der Waals surface area contributed by atoms with Gasteiger partial charge in [-0.1, -0.05) is 19.4 Å². The van der Waals surface area contributed by atoms with E-state index in [-0.39, 0.29) is 10.7 Å². The molecule has 82 valence electrons. The van der Waals surface area contributed by atoms with Gasteiger partial charge in [-0.05, 0) is 18.8 Å². The molecule has 0 radical (unpaired) electrons. The van der Waals surface area contributed by atoms with E-state index >= 15 is 0 Å². The van der Waals surface area contributed by atoms with Crippen LogP contribution in [0.1, 0.15) is 33.6 Å². The molecule has 0 atom stereocenters. The summed E-state index contributed by atoms with van der Waals surface area (Å²) in [5.41, 5.74) is 11.7.